The Morgan fingerprint density at radius 2 is 1.39 bits per heavy atom. The van der Waals surface area contributed by atoms with E-state index in [9.17, 15) is 34.9 Å². The topological polar surface area (TPSA) is 150 Å². The van der Waals surface area contributed by atoms with Crippen LogP contribution >= 0.6 is 0 Å². The van der Waals surface area contributed by atoms with E-state index in [1.54, 1.807) is 0 Å². The van der Waals surface area contributed by atoms with Gasteiger partial charge in [0.05, 0.1) is 22.9 Å². The molecule has 146 valence electrons. The molecule has 10 nitrogen and oxygen atoms in total. The second-order valence-electron chi connectivity index (χ2n) is 5.95. The van der Waals surface area contributed by atoms with Crippen molar-refractivity contribution < 1.29 is 29.3 Å². The summed E-state index contributed by atoms with van der Waals surface area (Å²) in [7, 11) is 1.09. The Kier molecular flexibility index (Phi) is 5.84. The van der Waals surface area contributed by atoms with Crippen molar-refractivity contribution in [2.24, 2.45) is 5.92 Å². The van der Waals surface area contributed by atoms with Crippen LogP contribution in [0.2, 0.25) is 0 Å². The van der Waals surface area contributed by atoms with E-state index in [1.807, 2.05) is 0 Å². The Bertz CT molecular complexity index is 924. The Morgan fingerprint density at radius 1 is 0.964 bits per heavy atom. The largest absolute Gasteiger partial charge is 0.469 e. The monoisotopic (exact) mass is 388 g/mol. The molecule has 0 saturated heterocycles. The van der Waals surface area contributed by atoms with Gasteiger partial charge in [-0.2, -0.15) is 0 Å². The lowest BCUT2D eigenvalue weighted by atomic mass is 9.76. The minimum atomic E-state index is -2.40. The highest BCUT2D eigenvalue weighted by molar-refractivity contribution is 6.05. The highest BCUT2D eigenvalue weighted by Crippen LogP contribution is 2.35. The molecule has 0 saturated carbocycles. The highest BCUT2D eigenvalue weighted by atomic mass is 16.6. The van der Waals surface area contributed by atoms with Crippen LogP contribution in [0.1, 0.15) is 22.8 Å². The molecular formula is C18H16N2O8. The molecule has 2 aromatic carbocycles. The number of hydrogen-bond acceptors (Lipinski definition) is 8. The molecule has 0 fully saturated rings. The zero-order chi connectivity index (χ0) is 21.1. The summed E-state index contributed by atoms with van der Waals surface area (Å²) in [5.41, 5.74) is -3.06. The minimum Gasteiger partial charge on any atom is -0.469 e. The van der Waals surface area contributed by atoms with Gasteiger partial charge in [0, 0.05) is 29.8 Å². The van der Waals surface area contributed by atoms with Crippen molar-refractivity contribution >= 4 is 23.1 Å². The maximum Gasteiger partial charge on any atom is 0.312 e. The summed E-state index contributed by atoms with van der Waals surface area (Å²) >= 11 is 0. The van der Waals surface area contributed by atoms with Crippen LogP contribution in [0.4, 0.5) is 11.4 Å². The molecule has 2 atom stereocenters. The van der Waals surface area contributed by atoms with Gasteiger partial charge in [-0.1, -0.05) is 0 Å². The van der Waals surface area contributed by atoms with E-state index in [0.29, 0.717) is 0 Å². The number of nitro benzene ring substituents is 2. The normalized spacial score (nSPS) is 13.8. The van der Waals surface area contributed by atoms with Crippen molar-refractivity contribution in [2.75, 3.05) is 7.11 Å². The zero-order valence-electron chi connectivity index (χ0n) is 14.9. The van der Waals surface area contributed by atoms with Gasteiger partial charge in [0.15, 0.2) is 11.4 Å². The first-order valence-electron chi connectivity index (χ1n) is 7.97. The number of methoxy groups -OCH3 is 1. The first-order valence-corrected chi connectivity index (χ1v) is 7.97. The van der Waals surface area contributed by atoms with E-state index >= 15 is 0 Å². The van der Waals surface area contributed by atoms with Crippen LogP contribution in [-0.4, -0.2) is 33.8 Å². The molecule has 28 heavy (non-hydrogen) atoms. The average Bonchev–Trinajstić information content (AvgIpc) is 2.71. The second kappa shape index (κ2) is 7.92. The number of ether oxygens (including phenoxy) is 1. The quantitative estimate of drug-likeness (QED) is 0.329. The fourth-order valence-corrected chi connectivity index (χ4v) is 2.72. The molecule has 0 unspecified atom stereocenters. The Morgan fingerprint density at radius 3 is 1.79 bits per heavy atom. The van der Waals surface area contributed by atoms with Crippen LogP contribution in [-0.2, 0) is 15.1 Å². The summed E-state index contributed by atoms with van der Waals surface area (Å²) in [6.07, 6.45) is 0. The number of Topliss-reactive ketones (excluding diaryl/α,β-unsaturated/α-hetero) is 1. The van der Waals surface area contributed by atoms with Crippen molar-refractivity contribution in [1.82, 2.24) is 0 Å². The predicted molar refractivity (Wildman–Crippen MR) is 95.6 cm³/mol. The summed E-state index contributed by atoms with van der Waals surface area (Å²) in [4.78, 5) is 45.4. The van der Waals surface area contributed by atoms with Crippen molar-refractivity contribution in [3.05, 3.63) is 79.9 Å². The third-order valence-corrected chi connectivity index (χ3v) is 4.39. The van der Waals surface area contributed by atoms with Gasteiger partial charge < -0.3 is 9.84 Å². The zero-order valence-corrected chi connectivity index (χ0v) is 14.9. The van der Waals surface area contributed by atoms with Crippen molar-refractivity contribution in [3.63, 3.8) is 0 Å². The van der Waals surface area contributed by atoms with Gasteiger partial charge in [-0.05, 0) is 36.8 Å². The third kappa shape index (κ3) is 3.71. The molecule has 0 aliphatic heterocycles. The van der Waals surface area contributed by atoms with Crippen molar-refractivity contribution in [2.45, 2.75) is 12.5 Å². The molecule has 0 heterocycles. The van der Waals surface area contributed by atoms with E-state index in [-0.39, 0.29) is 22.5 Å². The SMILES string of the molecule is COC(=O)[C@H](C)[C@](O)(C(=O)c1ccc([N+](=O)[O-])cc1)c1ccc([N+](=O)[O-])cc1. The van der Waals surface area contributed by atoms with Gasteiger partial charge >= 0.3 is 5.97 Å². The molecule has 0 aliphatic carbocycles. The van der Waals surface area contributed by atoms with Crippen molar-refractivity contribution in [3.8, 4) is 0 Å². The number of carbonyl (C=O) groups is 2. The molecule has 0 bridgehead atoms. The number of aliphatic hydroxyl groups is 1. The van der Waals surface area contributed by atoms with E-state index in [0.717, 1.165) is 43.5 Å². The lowest BCUT2D eigenvalue weighted by Crippen LogP contribution is -2.45. The Hall–Kier alpha value is -3.66. The maximum atomic E-state index is 13.1. The molecular weight excluding hydrogens is 372 g/mol. The summed E-state index contributed by atoms with van der Waals surface area (Å²) in [6.45, 7) is 1.27. The highest BCUT2D eigenvalue weighted by Gasteiger charge is 2.47. The van der Waals surface area contributed by atoms with Gasteiger partial charge in [-0.15, -0.1) is 0 Å². The lowest BCUT2D eigenvalue weighted by Gasteiger charge is -2.31. The Labute approximate surface area is 158 Å². The van der Waals surface area contributed by atoms with E-state index in [4.69, 9.17) is 0 Å². The fraction of sp³-hybridized carbons (Fsp3) is 0.222. The molecule has 2 aromatic rings. The first kappa shape index (κ1) is 20.6. The minimum absolute atomic E-state index is 0.0562. The van der Waals surface area contributed by atoms with Gasteiger partial charge in [0.25, 0.3) is 11.4 Å². The molecule has 10 heteroatoms. The van der Waals surface area contributed by atoms with E-state index in [2.05, 4.69) is 4.74 Å². The fourth-order valence-electron chi connectivity index (χ4n) is 2.72. The lowest BCUT2D eigenvalue weighted by molar-refractivity contribution is -0.385. The number of nitro groups is 2. The second-order valence-corrected chi connectivity index (χ2v) is 5.95. The number of ketones is 1. The van der Waals surface area contributed by atoms with Crippen LogP contribution in [0.3, 0.4) is 0 Å². The van der Waals surface area contributed by atoms with Crippen LogP contribution in [0.15, 0.2) is 48.5 Å². The van der Waals surface area contributed by atoms with Crippen LogP contribution in [0, 0.1) is 26.1 Å². The summed E-state index contributed by atoms with van der Waals surface area (Å²) in [5.74, 6) is -3.15. The molecule has 0 aliphatic rings. The smallest absolute Gasteiger partial charge is 0.312 e. The van der Waals surface area contributed by atoms with Crippen LogP contribution in [0.25, 0.3) is 0 Å². The van der Waals surface area contributed by atoms with E-state index in [1.165, 1.54) is 19.1 Å². The molecule has 0 radical (unpaired) electrons. The number of benzene rings is 2. The van der Waals surface area contributed by atoms with Crippen LogP contribution < -0.4 is 0 Å². The predicted octanol–water partition coefficient (Wildman–Crippen LogP) is 2.38. The number of non-ortho nitro benzene ring substituents is 2. The number of esters is 1. The van der Waals surface area contributed by atoms with Gasteiger partial charge in [-0.3, -0.25) is 29.8 Å². The van der Waals surface area contributed by atoms with Gasteiger partial charge in [-0.25, -0.2) is 0 Å². The number of rotatable bonds is 7. The van der Waals surface area contributed by atoms with Gasteiger partial charge in [0.2, 0.25) is 0 Å². The average molecular weight is 388 g/mol. The number of hydrogen-bond donors (Lipinski definition) is 1. The summed E-state index contributed by atoms with van der Waals surface area (Å²) in [6, 6.07) is 9.00. The Balaban J connectivity index is 2.57. The van der Waals surface area contributed by atoms with Crippen LogP contribution in [0.5, 0.6) is 0 Å². The number of nitrogens with zero attached hydrogens (tertiary/aromatic N) is 2. The molecule has 2 rings (SSSR count). The third-order valence-electron chi connectivity index (χ3n) is 4.39. The maximum absolute atomic E-state index is 13.1. The molecule has 0 spiro atoms. The number of carbonyl (C=O) groups excluding carboxylic acids is 2. The summed E-state index contributed by atoms with van der Waals surface area (Å²) < 4.78 is 4.63. The summed E-state index contributed by atoms with van der Waals surface area (Å²) in [5, 5.41) is 32.8. The molecule has 0 amide bonds. The first-order chi connectivity index (χ1) is 13.1. The molecule has 1 N–H and O–H groups in total. The standard InChI is InChI=1S/C18H16N2O8/c1-11(17(22)28-2)18(23,13-5-9-15(10-6-13)20(26)27)16(21)12-3-7-14(8-4-12)19(24)25/h3-11,23H,1-2H3/t11-,18+/m0/s1. The van der Waals surface area contributed by atoms with Gasteiger partial charge in [0.1, 0.15) is 0 Å². The van der Waals surface area contributed by atoms with E-state index < -0.39 is 33.1 Å². The molecule has 0 aromatic heterocycles. The van der Waals surface area contributed by atoms with Crippen molar-refractivity contribution in [1.29, 1.82) is 0 Å².